The number of alkyl halides is 1. The largest absolute Gasteiger partial charge is 0.349 e. The lowest BCUT2D eigenvalue weighted by atomic mass is 10.1. The maximum atomic E-state index is 13.1. The molecule has 0 aliphatic heterocycles. The monoisotopic (exact) mass is 293 g/mol. The fourth-order valence-electron chi connectivity index (χ4n) is 1.15. The van der Waals surface area contributed by atoms with Gasteiger partial charge in [-0.2, -0.15) is 0 Å². The second kappa shape index (κ2) is 5.47. The number of halogens is 3. The molecule has 1 amide bonds. The van der Waals surface area contributed by atoms with Crippen molar-refractivity contribution in [3.05, 3.63) is 34.6 Å². The van der Waals surface area contributed by atoms with Crippen molar-refractivity contribution in [2.75, 3.05) is 5.33 Å². The van der Waals surface area contributed by atoms with Crippen LogP contribution in [0, 0.1) is 5.82 Å². The molecule has 0 fully saturated rings. The van der Waals surface area contributed by atoms with E-state index < -0.39 is 5.82 Å². The van der Waals surface area contributed by atoms with E-state index in [9.17, 15) is 9.18 Å². The Kier molecular flexibility index (Phi) is 4.54. The van der Waals surface area contributed by atoms with Crippen LogP contribution >= 0.6 is 27.5 Å². The van der Waals surface area contributed by atoms with E-state index in [2.05, 4.69) is 21.2 Å². The van der Waals surface area contributed by atoms with E-state index in [0.29, 0.717) is 5.56 Å². The van der Waals surface area contributed by atoms with Crippen molar-refractivity contribution in [2.24, 2.45) is 0 Å². The summed E-state index contributed by atoms with van der Waals surface area (Å²) in [5.74, 6) is -0.619. The van der Waals surface area contributed by atoms with E-state index in [1.807, 2.05) is 0 Å². The first-order chi connectivity index (χ1) is 7.04. The van der Waals surface area contributed by atoms with E-state index in [-0.39, 0.29) is 22.3 Å². The summed E-state index contributed by atoms with van der Waals surface area (Å²) in [5.41, 5.74) is 0.686. The van der Waals surface area contributed by atoms with Crippen molar-refractivity contribution in [3.63, 3.8) is 0 Å². The van der Waals surface area contributed by atoms with Gasteiger partial charge in [-0.25, -0.2) is 4.39 Å². The normalized spacial score (nSPS) is 12.3. The first-order valence-corrected chi connectivity index (χ1v) is 5.85. The Bertz CT molecular complexity index is 372. The van der Waals surface area contributed by atoms with Gasteiger partial charge in [-0.15, -0.1) is 0 Å². The zero-order valence-electron chi connectivity index (χ0n) is 8.06. The molecule has 1 rings (SSSR count). The van der Waals surface area contributed by atoms with Gasteiger partial charge in [0.15, 0.2) is 0 Å². The standard InChI is InChI=1S/C10H10BrClFNO/c1-6(14-10(15)5-11)7-2-3-8(12)9(13)4-7/h2-4,6H,5H2,1H3,(H,14,15)/t6-/m1/s1. The quantitative estimate of drug-likeness (QED) is 0.853. The lowest BCUT2D eigenvalue weighted by Gasteiger charge is -2.13. The highest BCUT2D eigenvalue weighted by Crippen LogP contribution is 2.19. The first kappa shape index (κ1) is 12.5. The van der Waals surface area contributed by atoms with Crippen LogP contribution in [0.5, 0.6) is 0 Å². The summed E-state index contributed by atoms with van der Waals surface area (Å²) in [7, 11) is 0. The average Bonchev–Trinajstić information content (AvgIpc) is 2.21. The van der Waals surface area contributed by atoms with Crippen molar-refractivity contribution < 1.29 is 9.18 Å². The number of hydrogen-bond acceptors (Lipinski definition) is 1. The van der Waals surface area contributed by atoms with Crippen LogP contribution in [-0.2, 0) is 4.79 Å². The average molecular weight is 295 g/mol. The Morgan fingerprint density at radius 2 is 2.33 bits per heavy atom. The molecule has 1 aromatic carbocycles. The third-order valence-corrected chi connectivity index (χ3v) is 2.76. The topological polar surface area (TPSA) is 29.1 Å². The molecule has 0 aromatic heterocycles. The molecule has 2 nitrogen and oxygen atoms in total. The van der Waals surface area contributed by atoms with E-state index in [0.717, 1.165) is 0 Å². The minimum atomic E-state index is -0.478. The van der Waals surface area contributed by atoms with E-state index in [1.54, 1.807) is 13.0 Å². The maximum absolute atomic E-state index is 13.1. The number of carbonyl (C=O) groups is 1. The van der Waals surface area contributed by atoms with E-state index in [1.165, 1.54) is 12.1 Å². The zero-order valence-corrected chi connectivity index (χ0v) is 10.4. The van der Waals surface area contributed by atoms with Gasteiger partial charge in [0.2, 0.25) is 5.91 Å². The number of rotatable bonds is 3. The minimum Gasteiger partial charge on any atom is -0.349 e. The summed E-state index contributed by atoms with van der Waals surface area (Å²) in [6, 6.07) is 4.25. The second-order valence-corrected chi connectivity index (χ2v) is 4.06. The minimum absolute atomic E-state index is 0.0813. The molecule has 0 saturated heterocycles. The van der Waals surface area contributed by atoms with Crippen LogP contribution in [0.25, 0.3) is 0 Å². The number of benzene rings is 1. The molecule has 0 aliphatic rings. The Labute approximate surface area is 101 Å². The van der Waals surface area contributed by atoms with Gasteiger partial charge in [0.25, 0.3) is 0 Å². The highest BCUT2D eigenvalue weighted by Gasteiger charge is 2.10. The van der Waals surface area contributed by atoms with Crippen LogP contribution in [-0.4, -0.2) is 11.2 Å². The van der Waals surface area contributed by atoms with Gasteiger partial charge < -0.3 is 5.32 Å². The molecule has 0 spiro atoms. The molecule has 1 N–H and O–H groups in total. The molecule has 0 heterocycles. The molecule has 5 heteroatoms. The highest BCUT2D eigenvalue weighted by atomic mass is 79.9. The smallest absolute Gasteiger partial charge is 0.231 e. The van der Waals surface area contributed by atoms with Crippen molar-refractivity contribution in [2.45, 2.75) is 13.0 Å². The Hall–Kier alpha value is -0.610. The van der Waals surface area contributed by atoms with Gasteiger partial charge in [0, 0.05) is 0 Å². The van der Waals surface area contributed by atoms with Crippen molar-refractivity contribution in [3.8, 4) is 0 Å². The molecule has 1 aromatic rings. The number of hydrogen-bond donors (Lipinski definition) is 1. The first-order valence-electron chi connectivity index (χ1n) is 4.35. The molecule has 1 atom stereocenters. The molecule has 0 aliphatic carbocycles. The van der Waals surface area contributed by atoms with Gasteiger partial charge in [-0.1, -0.05) is 33.6 Å². The van der Waals surface area contributed by atoms with Gasteiger partial charge in [-0.3, -0.25) is 4.79 Å². The summed E-state index contributed by atoms with van der Waals surface area (Å²) in [6.45, 7) is 1.78. The van der Waals surface area contributed by atoms with Crippen LogP contribution in [0.2, 0.25) is 5.02 Å². The van der Waals surface area contributed by atoms with Crippen LogP contribution in [0.1, 0.15) is 18.5 Å². The molecule has 0 saturated carbocycles. The summed E-state index contributed by atoms with van der Waals surface area (Å²) >= 11 is 8.58. The van der Waals surface area contributed by atoms with Crippen LogP contribution in [0.4, 0.5) is 4.39 Å². The lowest BCUT2D eigenvalue weighted by molar-refractivity contribution is -0.119. The molecule has 0 unspecified atom stereocenters. The highest BCUT2D eigenvalue weighted by molar-refractivity contribution is 9.09. The Morgan fingerprint density at radius 3 is 2.87 bits per heavy atom. The summed E-state index contributed by atoms with van der Waals surface area (Å²) < 4.78 is 13.1. The molecule has 0 bridgehead atoms. The summed E-state index contributed by atoms with van der Waals surface area (Å²) in [4.78, 5) is 11.1. The van der Waals surface area contributed by atoms with Crippen molar-refractivity contribution >= 4 is 33.4 Å². The SMILES string of the molecule is C[C@@H](NC(=O)CBr)c1ccc(Cl)c(F)c1. The van der Waals surface area contributed by atoms with Crippen LogP contribution < -0.4 is 5.32 Å². The lowest BCUT2D eigenvalue weighted by Crippen LogP contribution is -2.27. The molecular weight excluding hydrogens is 284 g/mol. The third kappa shape index (κ3) is 3.47. The third-order valence-electron chi connectivity index (χ3n) is 1.94. The second-order valence-electron chi connectivity index (χ2n) is 3.10. The van der Waals surface area contributed by atoms with Gasteiger partial charge in [0.1, 0.15) is 5.82 Å². The van der Waals surface area contributed by atoms with Gasteiger partial charge in [-0.05, 0) is 24.6 Å². The number of carbonyl (C=O) groups excluding carboxylic acids is 1. The van der Waals surface area contributed by atoms with Crippen LogP contribution in [0.3, 0.4) is 0 Å². The van der Waals surface area contributed by atoms with Gasteiger partial charge >= 0.3 is 0 Å². The predicted octanol–water partition coefficient (Wildman–Crippen LogP) is 3.05. The summed E-state index contributed by atoms with van der Waals surface area (Å²) in [6.07, 6.45) is 0. The van der Waals surface area contributed by atoms with Gasteiger partial charge in [0.05, 0.1) is 16.4 Å². The summed E-state index contributed by atoms with van der Waals surface area (Å²) in [5, 5.41) is 3.01. The Balaban J connectivity index is 2.78. The number of nitrogens with one attached hydrogen (secondary N) is 1. The fraction of sp³-hybridized carbons (Fsp3) is 0.300. The maximum Gasteiger partial charge on any atom is 0.231 e. The van der Waals surface area contributed by atoms with E-state index >= 15 is 0 Å². The molecule has 15 heavy (non-hydrogen) atoms. The number of amides is 1. The molecular formula is C10H10BrClFNO. The fourth-order valence-corrected chi connectivity index (χ4v) is 1.42. The van der Waals surface area contributed by atoms with E-state index in [4.69, 9.17) is 11.6 Å². The molecule has 0 radical (unpaired) electrons. The predicted molar refractivity (Wildman–Crippen MR) is 61.8 cm³/mol. The van der Waals surface area contributed by atoms with Crippen molar-refractivity contribution in [1.29, 1.82) is 0 Å². The Morgan fingerprint density at radius 1 is 1.67 bits per heavy atom. The zero-order chi connectivity index (χ0) is 11.4. The van der Waals surface area contributed by atoms with Crippen LogP contribution in [0.15, 0.2) is 18.2 Å². The molecule has 82 valence electrons. The van der Waals surface area contributed by atoms with Crippen molar-refractivity contribution in [1.82, 2.24) is 5.32 Å².